The van der Waals surface area contributed by atoms with Gasteiger partial charge in [-0.3, -0.25) is 39.4 Å². The van der Waals surface area contributed by atoms with Crippen LogP contribution in [0.25, 0.3) is 43.1 Å². The summed E-state index contributed by atoms with van der Waals surface area (Å²) in [5.41, 5.74) is 0.657. The second-order valence-electron chi connectivity index (χ2n) is 11.6. The lowest BCUT2D eigenvalue weighted by atomic mass is 9.82. The number of nitro groups is 2. The third-order valence-electron chi connectivity index (χ3n) is 9.23. The van der Waals surface area contributed by atoms with Crippen LogP contribution in [-0.4, -0.2) is 33.5 Å². The number of nitrogens with zero attached hydrogens (tertiary/aromatic N) is 4. The second-order valence-corrected chi connectivity index (χ2v) is 11.6. The van der Waals surface area contributed by atoms with Crippen LogP contribution in [0.4, 0.5) is 22.7 Å². The summed E-state index contributed by atoms with van der Waals surface area (Å²) in [6.45, 7) is 0. The Morgan fingerprint density at radius 2 is 0.729 bits per heavy atom. The molecule has 2 aliphatic heterocycles. The number of carbonyl (C=O) groups is 4. The first-order chi connectivity index (χ1) is 23.2. The van der Waals surface area contributed by atoms with Crippen LogP contribution in [0.2, 0.25) is 0 Å². The van der Waals surface area contributed by atoms with Gasteiger partial charge in [0, 0.05) is 57.3 Å². The molecule has 9 rings (SSSR count). The van der Waals surface area contributed by atoms with Gasteiger partial charge >= 0.3 is 0 Å². The maximum absolute atomic E-state index is 13.9. The van der Waals surface area contributed by atoms with E-state index in [0.29, 0.717) is 43.1 Å². The lowest BCUT2D eigenvalue weighted by Crippen LogP contribution is -2.40. The molecule has 0 spiro atoms. The molecule has 12 heteroatoms. The highest BCUT2D eigenvalue weighted by atomic mass is 16.6. The maximum atomic E-state index is 13.9. The molecule has 0 unspecified atom stereocenters. The Hall–Kier alpha value is -7.08. The molecule has 0 N–H and O–H groups in total. The van der Waals surface area contributed by atoms with Crippen LogP contribution >= 0.6 is 0 Å². The van der Waals surface area contributed by atoms with Crippen LogP contribution in [0.5, 0.6) is 0 Å². The zero-order valence-electron chi connectivity index (χ0n) is 24.3. The van der Waals surface area contributed by atoms with Crippen molar-refractivity contribution in [2.24, 2.45) is 0 Å². The minimum absolute atomic E-state index is 0.0800. The number of hydrogen-bond donors (Lipinski definition) is 0. The molecule has 2 aliphatic rings. The SMILES string of the molecule is O=C1c2ccc3c4ccc5c6c(ccc(c7ccc(c2c37)C(=O)N1c1cccc([N+](=O)[O-])c1)c64)C(=O)N(c1cccc([N+](=O)[O-])c1)C5=O. The molecule has 0 aliphatic carbocycles. The topological polar surface area (TPSA) is 161 Å². The van der Waals surface area contributed by atoms with Crippen molar-refractivity contribution in [1.29, 1.82) is 0 Å². The minimum Gasteiger partial charge on any atom is -0.268 e. The van der Waals surface area contributed by atoms with E-state index < -0.39 is 33.5 Å². The highest BCUT2D eigenvalue weighted by molar-refractivity contribution is 6.45. The fourth-order valence-electron chi connectivity index (χ4n) is 7.23. The lowest BCUT2D eigenvalue weighted by molar-refractivity contribution is -0.385. The molecular weight excluding hydrogens is 616 g/mol. The van der Waals surface area contributed by atoms with E-state index >= 15 is 0 Å². The summed E-state index contributed by atoms with van der Waals surface area (Å²) in [5.74, 6) is -2.48. The number of nitro benzene ring substituents is 2. The van der Waals surface area contributed by atoms with Gasteiger partial charge in [-0.2, -0.15) is 0 Å². The molecular formula is C36H16N4O8. The maximum Gasteiger partial charge on any atom is 0.271 e. The van der Waals surface area contributed by atoms with Gasteiger partial charge in [0.15, 0.2) is 0 Å². The second kappa shape index (κ2) is 9.23. The van der Waals surface area contributed by atoms with Gasteiger partial charge in [-0.25, -0.2) is 9.80 Å². The highest BCUT2D eigenvalue weighted by Gasteiger charge is 2.38. The fraction of sp³-hybridized carbons (Fsp3) is 0. The number of anilines is 2. The summed E-state index contributed by atoms with van der Waals surface area (Å²) in [6.07, 6.45) is 0. The normalized spacial score (nSPS) is 14.2. The molecule has 0 bridgehead atoms. The predicted molar refractivity (Wildman–Crippen MR) is 176 cm³/mol. The van der Waals surface area contributed by atoms with Crippen LogP contribution in [0, 0.1) is 20.2 Å². The van der Waals surface area contributed by atoms with Crippen LogP contribution in [0.15, 0.2) is 97.1 Å². The third kappa shape index (κ3) is 3.37. The molecule has 12 nitrogen and oxygen atoms in total. The van der Waals surface area contributed by atoms with Gasteiger partial charge in [-0.15, -0.1) is 0 Å². The summed E-state index contributed by atoms with van der Waals surface area (Å²) >= 11 is 0. The number of hydrogen-bond acceptors (Lipinski definition) is 8. The summed E-state index contributed by atoms with van der Waals surface area (Å²) in [4.78, 5) is 79.1. The fourth-order valence-corrected chi connectivity index (χ4v) is 7.23. The van der Waals surface area contributed by atoms with Crippen LogP contribution in [0.3, 0.4) is 0 Å². The van der Waals surface area contributed by atoms with E-state index in [1.807, 2.05) is 0 Å². The molecule has 228 valence electrons. The standard InChI is InChI=1S/C36H16N4O8/c41-33-25-11-7-21-23-9-13-27-32-28(36(44)38(35(27)43)18-4-2-6-20(16-18)40(47)48)14-10-24(30(23)32)22-8-12-26(31(25)29(21)22)34(42)37(33)17-3-1-5-19(15-17)39(45)46/h1-16H. The molecule has 7 aromatic carbocycles. The average molecular weight is 633 g/mol. The molecule has 2 heterocycles. The van der Waals surface area contributed by atoms with E-state index in [9.17, 15) is 39.4 Å². The molecule has 7 aromatic rings. The monoisotopic (exact) mass is 632 g/mol. The molecule has 0 aromatic heterocycles. The zero-order chi connectivity index (χ0) is 33.2. The Bertz CT molecular complexity index is 2430. The van der Waals surface area contributed by atoms with E-state index in [-0.39, 0.29) is 45.0 Å². The first-order valence-corrected chi connectivity index (χ1v) is 14.6. The van der Waals surface area contributed by atoms with E-state index in [2.05, 4.69) is 0 Å². The third-order valence-corrected chi connectivity index (χ3v) is 9.23. The van der Waals surface area contributed by atoms with Gasteiger partial charge in [0.2, 0.25) is 0 Å². The molecule has 4 amide bonds. The number of non-ortho nitro benzene ring substituents is 2. The summed E-state index contributed by atoms with van der Waals surface area (Å²) in [5, 5.41) is 27.9. The smallest absolute Gasteiger partial charge is 0.268 e. The van der Waals surface area contributed by atoms with E-state index in [1.54, 1.807) is 48.5 Å². The Morgan fingerprint density at radius 3 is 1.02 bits per heavy atom. The number of fused-ring (bicyclic) bond motifs is 2. The Morgan fingerprint density at radius 1 is 0.417 bits per heavy atom. The largest absolute Gasteiger partial charge is 0.271 e. The quantitative estimate of drug-likeness (QED) is 0.0649. The molecule has 0 saturated carbocycles. The molecule has 48 heavy (non-hydrogen) atoms. The van der Waals surface area contributed by atoms with E-state index in [0.717, 1.165) is 9.80 Å². The first kappa shape index (κ1) is 27.2. The molecule has 0 atom stereocenters. The van der Waals surface area contributed by atoms with Crippen molar-refractivity contribution in [2.75, 3.05) is 9.80 Å². The van der Waals surface area contributed by atoms with E-state index in [1.165, 1.54) is 48.5 Å². The van der Waals surface area contributed by atoms with Crippen molar-refractivity contribution in [1.82, 2.24) is 0 Å². The highest BCUT2D eigenvalue weighted by Crippen LogP contribution is 2.47. The van der Waals surface area contributed by atoms with Gasteiger partial charge in [0.05, 0.1) is 21.2 Å². The molecule has 0 saturated heterocycles. The predicted octanol–water partition coefficient (Wildman–Crippen LogP) is 7.15. The van der Waals surface area contributed by atoms with Gasteiger partial charge in [0.25, 0.3) is 35.0 Å². The van der Waals surface area contributed by atoms with Crippen molar-refractivity contribution in [3.8, 4) is 0 Å². The van der Waals surface area contributed by atoms with Crippen molar-refractivity contribution in [3.05, 3.63) is 140 Å². The number of benzene rings is 7. The van der Waals surface area contributed by atoms with Gasteiger partial charge in [-0.1, -0.05) is 36.4 Å². The lowest BCUT2D eigenvalue weighted by Gasteiger charge is -2.30. The number of rotatable bonds is 4. The van der Waals surface area contributed by atoms with Crippen molar-refractivity contribution < 1.29 is 29.0 Å². The first-order valence-electron chi connectivity index (χ1n) is 14.6. The average Bonchev–Trinajstić information content (AvgIpc) is 3.09. The van der Waals surface area contributed by atoms with Gasteiger partial charge < -0.3 is 0 Å². The van der Waals surface area contributed by atoms with Gasteiger partial charge in [0.1, 0.15) is 0 Å². The number of imide groups is 2. The number of carbonyl (C=O) groups excluding carboxylic acids is 4. The molecule has 0 radical (unpaired) electrons. The van der Waals surface area contributed by atoms with Crippen molar-refractivity contribution >= 4 is 89.5 Å². The summed E-state index contributed by atoms with van der Waals surface area (Å²) in [7, 11) is 0. The Balaban J connectivity index is 1.27. The van der Waals surface area contributed by atoms with Crippen LogP contribution < -0.4 is 9.80 Å². The van der Waals surface area contributed by atoms with Crippen LogP contribution in [-0.2, 0) is 0 Å². The zero-order valence-corrected chi connectivity index (χ0v) is 24.3. The van der Waals surface area contributed by atoms with Crippen LogP contribution in [0.1, 0.15) is 41.4 Å². The summed E-state index contributed by atoms with van der Waals surface area (Å²) < 4.78 is 0. The van der Waals surface area contributed by atoms with Crippen molar-refractivity contribution in [2.45, 2.75) is 0 Å². The Kier molecular flexibility index (Phi) is 5.24. The van der Waals surface area contributed by atoms with E-state index in [4.69, 9.17) is 0 Å². The summed E-state index contributed by atoms with van der Waals surface area (Å²) in [6, 6.07) is 24.2. The minimum atomic E-state index is -0.620. The molecule has 0 fully saturated rings. The van der Waals surface area contributed by atoms with Crippen molar-refractivity contribution in [3.63, 3.8) is 0 Å². The Labute approximate surface area is 267 Å². The van der Waals surface area contributed by atoms with Gasteiger partial charge in [-0.05, 0) is 68.7 Å². The number of amides is 4.